The van der Waals surface area contributed by atoms with Gasteiger partial charge in [0.15, 0.2) is 6.10 Å². The lowest BCUT2D eigenvalue weighted by Crippen LogP contribution is -2.37. The molecular weight excluding hydrogens is 304 g/mol. The molecule has 0 aliphatic heterocycles. The zero-order chi connectivity index (χ0) is 17.6. The Morgan fingerprint density at radius 1 is 1.30 bits per heavy atom. The largest absolute Gasteiger partial charge is 0.496 e. The maximum absolute atomic E-state index is 12.1. The van der Waals surface area contributed by atoms with Crippen LogP contribution < -0.4 is 10.1 Å². The van der Waals surface area contributed by atoms with Gasteiger partial charge >= 0.3 is 5.97 Å². The summed E-state index contributed by atoms with van der Waals surface area (Å²) in [5.74, 6) is -0.900. The lowest BCUT2D eigenvalue weighted by molar-refractivity contribution is -0.384. The Morgan fingerprint density at radius 2 is 1.96 bits per heavy atom. The van der Waals surface area contributed by atoms with Crippen LogP contribution in [-0.4, -0.2) is 36.6 Å². The maximum Gasteiger partial charge on any atom is 0.342 e. The lowest BCUT2D eigenvalue weighted by Gasteiger charge is -2.15. The van der Waals surface area contributed by atoms with E-state index in [9.17, 15) is 19.7 Å². The second kappa shape index (κ2) is 8.11. The summed E-state index contributed by atoms with van der Waals surface area (Å²) in [5, 5.41) is 13.4. The average molecular weight is 324 g/mol. The van der Waals surface area contributed by atoms with Gasteiger partial charge in [-0.05, 0) is 18.9 Å². The van der Waals surface area contributed by atoms with Crippen molar-refractivity contribution in [3.05, 3.63) is 33.9 Å². The van der Waals surface area contributed by atoms with Crippen molar-refractivity contribution in [2.24, 2.45) is 5.92 Å². The topological polar surface area (TPSA) is 108 Å². The van der Waals surface area contributed by atoms with Gasteiger partial charge < -0.3 is 14.8 Å². The molecular formula is C15H20N2O6. The number of non-ortho nitro benzene ring substituents is 1. The van der Waals surface area contributed by atoms with Gasteiger partial charge in [-0.2, -0.15) is 0 Å². The molecule has 1 aromatic carbocycles. The number of nitro benzene ring substituents is 1. The van der Waals surface area contributed by atoms with Gasteiger partial charge in [-0.15, -0.1) is 0 Å². The number of nitrogens with one attached hydrogen (secondary N) is 1. The summed E-state index contributed by atoms with van der Waals surface area (Å²) in [7, 11) is 1.33. The van der Waals surface area contributed by atoms with Gasteiger partial charge in [0, 0.05) is 18.7 Å². The molecule has 0 heterocycles. The first-order valence-electron chi connectivity index (χ1n) is 7.07. The van der Waals surface area contributed by atoms with Gasteiger partial charge in [-0.25, -0.2) is 4.79 Å². The highest BCUT2D eigenvalue weighted by atomic mass is 16.6. The number of carbonyl (C=O) groups is 2. The SMILES string of the molecule is COc1ccc([N+](=O)[O-])cc1C(=O)O[C@H](C)C(=O)NCC(C)C. The first-order valence-corrected chi connectivity index (χ1v) is 7.07. The third-order valence-corrected chi connectivity index (χ3v) is 2.95. The number of ether oxygens (including phenoxy) is 2. The molecule has 0 saturated heterocycles. The molecule has 8 heteroatoms. The monoisotopic (exact) mass is 324 g/mol. The van der Waals surface area contributed by atoms with Crippen molar-refractivity contribution in [1.29, 1.82) is 0 Å². The lowest BCUT2D eigenvalue weighted by atomic mass is 10.1. The molecule has 0 aromatic heterocycles. The van der Waals surface area contributed by atoms with Crippen LogP contribution in [0.15, 0.2) is 18.2 Å². The molecule has 0 aliphatic carbocycles. The zero-order valence-corrected chi connectivity index (χ0v) is 13.5. The Labute approximate surface area is 133 Å². The number of nitro groups is 1. The first-order chi connectivity index (χ1) is 10.8. The van der Waals surface area contributed by atoms with Crippen molar-refractivity contribution in [2.75, 3.05) is 13.7 Å². The van der Waals surface area contributed by atoms with Gasteiger partial charge in [0.05, 0.1) is 12.0 Å². The third-order valence-electron chi connectivity index (χ3n) is 2.95. The molecule has 0 aliphatic rings. The Balaban J connectivity index is 2.86. The molecule has 1 rings (SSSR count). The number of carbonyl (C=O) groups excluding carboxylic acids is 2. The molecule has 0 spiro atoms. The van der Waals surface area contributed by atoms with E-state index in [1.54, 1.807) is 0 Å². The number of benzene rings is 1. The fourth-order valence-electron chi connectivity index (χ4n) is 1.70. The van der Waals surface area contributed by atoms with Crippen molar-refractivity contribution in [3.63, 3.8) is 0 Å². The smallest absolute Gasteiger partial charge is 0.342 e. The highest BCUT2D eigenvalue weighted by Crippen LogP contribution is 2.25. The standard InChI is InChI=1S/C15H20N2O6/c1-9(2)8-16-14(18)10(3)23-15(19)12-7-11(17(20)21)5-6-13(12)22-4/h5-7,9-10H,8H2,1-4H3,(H,16,18)/t10-/m1/s1. The van der Waals surface area contributed by atoms with Gasteiger partial charge in [0.2, 0.25) is 0 Å². The van der Waals surface area contributed by atoms with Crippen LogP contribution in [0, 0.1) is 16.0 Å². The van der Waals surface area contributed by atoms with Crippen LogP contribution in [-0.2, 0) is 9.53 Å². The summed E-state index contributed by atoms with van der Waals surface area (Å²) in [4.78, 5) is 34.1. The summed E-state index contributed by atoms with van der Waals surface area (Å²) < 4.78 is 10.1. The van der Waals surface area contributed by atoms with Crippen LogP contribution in [0.5, 0.6) is 5.75 Å². The Morgan fingerprint density at radius 3 is 2.48 bits per heavy atom. The molecule has 0 fully saturated rings. The first kappa shape index (κ1) is 18.4. The summed E-state index contributed by atoms with van der Waals surface area (Å²) >= 11 is 0. The van der Waals surface area contributed by atoms with Gasteiger partial charge in [-0.1, -0.05) is 13.8 Å². The zero-order valence-electron chi connectivity index (χ0n) is 13.5. The van der Waals surface area contributed by atoms with Crippen LogP contribution in [0.3, 0.4) is 0 Å². The van der Waals surface area contributed by atoms with Gasteiger partial charge in [0.25, 0.3) is 11.6 Å². The van der Waals surface area contributed by atoms with E-state index in [1.807, 2.05) is 13.8 Å². The molecule has 1 amide bonds. The number of amides is 1. The molecule has 0 unspecified atom stereocenters. The van der Waals surface area contributed by atoms with Gasteiger partial charge in [0.1, 0.15) is 11.3 Å². The number of hydrogen-bond donors (Lipinski definition) is 1. The highest BCUT2D eigenvalue weighted by Gasteiger charge is 2.23. The number of methoxy groups -OCH3 is 1. The molecule has 8 nitrogen and oxygen atoms in total. The highest BCUT2D eigenvalue weighted by molar-refractivity contribution is 5.95. The van der Waals surface area contributed by atoms with Crippen LogP contribution in [0.4, 0.5) is 5.69 Å². The number of hydrogen-bond acceptors (Lipinski definition) is 6. The summed E-state index contributed by atoms with van der Waals surface area (Å²) in [5.41, 5.74) is -0.375. The second-order valence-corrected chi connectivity index (χ2v) is 5.33. The molecule has 0 bridgehead atoms. The molecule has 1 N–H and O–H groups in total. The van der Waals surface area contributed by atoms with Crippen molar-refractivity contribution in [3.8, 4) is 5.75 Å². The predicted molar refractivity (Wildman–Crippen MR) is 82.4 cm³/mol. The number of nitrogens with zero attached hydrogens (tertiary/aromatic N) is 1. The van der Waals surface area contributed by atoms with E-state index >= 15 is 0 Å². The van der Waals surface area contributed by atoms with E-state index in [1.165, 1.54) is 26.2 Å². The normalized spacial score (nSPS) is 11.7. The van der Waals surface area contributed by atoms with E-state index in [-0.39, 0.29) is 22.9 Å². The summed E-state index contributed by atoms with van der Waals surface area (Å²) in [6.45, 7) is 5.76. The van der Waals surface area contributed by atoms with Crippen molar-refractivity contribution in [1.82, 2.24) is 5.32 Å². The van der Waals surface area contributed by atoms with E-state index in [4.69, 9.17) is 9.47 Å². The quantitative estimate of drug-likeness (QED) is 0.466. The predicted octanol–water partition coefficient (Wildman–Crippen LogP) is 1.92. The molecule has 1 atom stereocenters. The van der Waals surface area contributed by atoms with Crippen molar-refractivity contribution < 1.29 is 24.0 Å². The fourth-order valence-corrected chi connectivity index (χ4v) is 1.70. The third kappa shape index (κ3) is 5.24. The minimum absolute atomic E-state index is 0.106. The Hall–Kier alpha value is -2.64. The van der Waals surface area contributed by atoms with E-state index in [0.29, 0.717) is 6.54 Å². The van der Waals surface area contributed by atoms with Crippen LogP contribution >= 0.6 is 0 Å². The number of rotatable bonds is 7. The van der Waals surface area contributed by atoms with Crippen LogP contribution in [0.2, 0.25) is 0 Å². The van der Waals surface area contributed by atoms with Crippen LogP contribution in [0.1, 0.15) is 31.1 Å². The molecule has 23 heavy (non-hydrogen) atoms. The van der Waals surface area contributed by atoms with E-state index in [2.05, 4.69) is 5.32 Å². The van der Waals surface area contributed by atoms with E-state index in [0.717, 1.165) is 6.07 Å². The van der Waals surface area contributed by atoms with Crippen molar-refractivity contribution in [2.45, 2.75) is 26.9 Å². The summed E-state index contributed by atoms with van der Waals surface area (Å²) in [6.07, 6.45) is -1.02. The molecule has 0 saturated carbocycles. The van der Waals surface area contributed by atoms with Gasteiger partial charge in [-0.3, -0.25) is 14.9 Å². The maximum atomic E-state index is 12.1. The Bertz CT molecular complexity index is 600. The summed E-state index contributed by atoms with van der Waals surface area (Å²) in [6, 6.07) is 3.58. The van der Waals surface area contributed by atoms with E-state index < -0.39 is 22.9 Å². The minimum atomic E-state index is -1.02. The fraction of sp³-hybridized carbons (Fsp3) is 0.467. The van der Waals surface area contributed by atoms with Crippen LogP contribution in [0.25, 0.3) is 0 Å². The molecule has 0 radical (unpaired) electrons. The molecule has 1 aromatic rings. The minimum Gasteiger partial charge on any atom is -0.496 e. The Kier molecular flexibility index (Phi) is 6.49. The van der Waals surface area contributed by atoms with Crippen molar-refractivity contribution >= 4 is 17.6 Å². The number of esters is 1. The average Bonchev–Trinajstić information content (AvgIpc) is 2.51. The molecule has 126 valence electrons. The second-order valence-electron chi connectivity index (χ2n) is 5.33.